The molecule has 0 aliphatic carbocycles. The van der Waals surface area contributed by atoms with E-state index in [0.717, 1.165) is 16.0 Å². The SMILES string of the molecule is O=c1[nH]c(/C(Cl)=C\c2ccc3c(c2)OCCO3)nc2scc(-c3cccs3)c12. The number of hydrogen-bond acceptors (Lipinski definition) is 6. The molecule has 140 valence electrons. The Morgan fingerprint density at radius 2 is 2.04 bits per heavy atom. The summed E-state index contributed by atoms with van der Waals surface area (Å²) in [5.74, 6) is 1.74. The molecule has 28 heavy (non-hydrogen) atoms. The van der Waals surface area contributed by atoms with E-state index < -0.39 is 0 Å². The van der Waals surface area contributed by atoms with E-state index in [2.05, 4.69) is 9.97 Å². The van der Waals surface area contributed by atoms with Crippen molar-refractivity contribution in [2.45, 2.75) is 0 Å². The zero-order valence-corrected chi connectivity index (χ0v) is 16.8. The van der Waals surface area contributed by atoms with E-state index in [1.165, 1.54) is 11.3 Å². The molecule has 4 heterocycles. The van der Waals surface area contributed by atoms with Crippen LogP contribution in [-0.2, 0) is 0 Å². The minimum atomic E-state index is -0.196. The average molecular weight is 429 g/mol. The number of aromatic nitrogens is 2. The lowest BCUT2D eigenvalue weighted by molar-refractivity contribution is 0.171. The third-order valence-corrected chi connectivity index (χ3v) is 6.38. The van der Waals surface area contributed by atoms with Crippen molar-refractivity contribution in [1.82, 2.24) is 9.97 Å². The van der Waals surface area contributed by atoms with Gasteiger partial charge < -0.3 is 14.5 Å². The van der Waals surface area contributed by atoms with Crippen molar-refractivity contribution in [3.8, 4) is 21.9 Å². The summed E-state index contributed by atoms with van der Waals surface area (Å²) in [5.41, 5.74) is 1.54. The first-order chi connectivity index (χ1) is 13.7. The maximum atomic E-state index is 12.7. The molecule has 0 atom stereocenters. The van der Waals surface area contributed by atoms with Gasteiger partial charge >= 0.3 is 0 Å². The lowest BCUT2D eigenvalue weighted by Gasteiger charge is -2.18. The van der Waals surface area contributed by atoms with Gasteiger partial charge in [0.1, 0.15) is 18.0 Å². The van der Waals surface area contributed by atoms with E-state index in [0.29, 0.717) is 45.8 Å². The van der Waals surface area contributed by atoms with E-state index in [4.69, 9.17) is 21.1 Å². The molecule has 4 aromatic rings. The van der Waals surface area contributed by atoms with Crippen LogP contribution < -0.4 is 15.0 Å². The maximum absolute atomic E-state index is 12.7. The molecule has 0 saturated carbocycles. The van der Waals surface area contributed by atoms with E-state index in [1.54, 1.807) is 17.4 Å². The monoisotopic (exact) mass is 428 g/mol. The van der Waals surface area contributed by atoms with Crippen LogP contribution in [0.3, 0.4) is 0 Å². The predicted molar refractivity (Wildman–Crippen MR) is 115 cm³/mol. The predicted octanol–water partition coefficient (Wildman–Crippen LogP) is 5.22. The Labute approximate surface area is 172 Å². The summed E-state index contributed by atoms with van der Waals surface area (Å²) in [5, 5.41) is 4.89. The average Bonchev–Trinajstić information content (AvgIpc) is 3.37. The van der Waals surface area contributed by atoms with Crippen LogP contribution >= 0.6 is 34.3 Å². The van der Waals surface area contributed by atoms with Crippen molar-refractivity contribution in [3.63, 3.8) is 0 Å². The highest BCUT2D eigenvalue weighted by Crippen LogP contribution is 2.35. The molecule has 0 saturated heterocycles. The number of rotatable bonds is 3. The molecule has 3 aromatic heterocycles. The molecule has 1 aliphatic rings. The standard InChI is InChI=1S/C20H13ClN2O3S2/c21-13(8-11-3-4-14-15(9-11)26-6-5-25-14)18-22-19(24)17-12(10-28-20(17)23-18)16-2-1-7-27-16/h1-4,7-10H,5-6H2,(H,22,23,24)/b13-8+. The van der Waals surface area contributed by atoms with Gasteiger partial charge in [-0.05, 0) is 35.2 Å². The van der Waals surface area contributed by atoms with E-state index in [-0.39, 0.29) is 5.56 Å². The van der Waals surface area contributed by atoms with Crippen molar-refractivity contribution < 1.29 is 9.47 Å². The van der Waals surface area contributed by atoms with Gasteiger partial charge in [0, 0.05) is 15.8 Å². The van der Waals surface area contributed by atoms with Gasteiger partial charge in [-0.3, -0.25) is 4.79 Å². The van der Waals surface area contributed by atoms with Crippen molar-refractivity contribution in [3.05, 3.63) is 62.8 Å². The second-order valence-corrected chi connectivity index (χ2v) is 8.33. The summed E-state index contributed by atoms with van der Waals surface area (Å²) in [7, 11) is 0. The molecule has 8 heteroatoms. The highest BCUT2D eigenvalue weighted by atomic mass is 35.5. The third kappa shape index (κ3) is 3.11. The Morgan fingerprint density at radius 3 is 2.86 bits per heavy atom. The number of thiophene rings is 2. The van der Waals surface area contributed by atoms with Gasteiger partial charge in [-0.2, -0.15) is 0 Å². The summed E-state index contributed by atoms with van der Waals surface area (Å²) in [4.78, 5) is 21.8. The fourth-order valence-electron chi connectivity index (χ4n) is 3.04. The molecular formula is C20H13ClN2O3S2. The van der Waals surface area contributed by atoms with Crippen molar-refractivity contribution in [2.75, 3.05) is 13.2 Å². The molecule has 0 bridgehead atoms. The summed E-state index contributed by atoms with van der Waals surface area (Å²) < 4.78 is 11.1. The molecule has 1 N–H and O–H groups in total. The first-order valence-corrected chi connectivity index (χ1v) is 10.7. The Bertz CT molecular complexity index is 1260. The zero-order chi connectivity index (χ0) is 19.1. The molecule has 0 unspecified atom stereocenters. The van der Waals surface area contributed by atoms with Gasteiger partial charge in [-0.25, -0.2) is 4.98 Å². The van der Waals surface area contributed by atoms with Gasteiger partial charge in [0.2, 0.25) is 0 Å². The first kappa shape index (κ1) is 17.5. The van der Waals surface area contributed by atoms with Crippen molar-refractivity contribution >= 4 is 55.6 Å². The minimum absolute atomic E-state index is 0.196. The van der Waals surface area contributed by atoms with Crippen LogP contribution in [0.2, 0.25) is 0 Å². The normalized spacial score (nSPS) is 13.8. The number of H-pyrrole nitrogens is 1. The molecule has 5 rings (SSSR count). The highest BCUT2D eigenvalue weighted by Gasteiger charge is 2.15. The van der Waals surface area contributed by atoms with Crippen LogP contribution in [0.1, 0.15) is 11.4 Å². The molecule has 1 aliphatic heterocycles. The van der Waals surface area contributed by atoms with Gasteiger partial charge in [0.05, 0.1) is 10.4 Å². The van der Waals surface area contributed by atoms with Gasteiger partial charge in [-0.1, -0.05) is 23.7 Å². The topological polar surface area (TPSA) is 64.2 Å². The lowest BCUT2D eigenvalue weighted by Crippen LogP contribution is -2.15. The quantitative estimate of drug-likeness (QED) is 0.485. The number of nitrogens with zero attached hydrogens (tertiary/aromatic N) is 1. The van der Waals surface area contributed by atoms with Crippen molar-refractivity contribution in [2.24, 2.45) is 0 Å². The zero-order valence-electron chi connectivity index (χ0n) is 14.4. The summed E-state index contributed by atoms with van der Waals surface area (Å²) >= 11 is 9.50. The van der Waals surface area contributed by atoms with E-state index >= 15 is 0 Å². The second-order valence-electron chi connectivity index (χ2n) is 6.12. The van der Waals surface area contributed by atoms with Gasteiger partial charge in [-0.15, -0.1) is 22.7 Å². The summed E-state index contributed by atoms with van der Waals surface area (Å²) in [6, 6.07) is 9.54. The molecule has 1 aromatic carbocycles. The maximum Gasteiger partial charge on any atom is 0.260 e. The lowest BCUT2D eigenvalue weighted by atomic mass is 10.1. The Hall–Kier alpha value is -2.61. The van der Waals surface area contributed by atoms with E-state index in [1.807, 2.05) is 41.1 Å². The molecular weight excluding hydrogens is 416 g/mol. The van der Waals surface area contributed by atoms with Gasteiger partial charge in [0.25, 0.3) is 5.56 Å². The number of fused-ring (bicyclic) bond motifs is 2. The Morgan fingerprint density at radius 1 is 1.18 bits per heavy atom. The number of nitrogens with one attached hydrogen (secondary N) is 1. The molecule has 0 amide bonds. The number of benzene rings is 1. The summed E-state index contributed by atoms with van der Waals surface area (Å²) in [6.45, 7) is 1.06. The molecule has 5 nitrogen and oxygen atoms in total. The smallest absolute Gasteiger partial charge is 0.260 e. The van der Waals surface area contributed by atoms with Crippen LogP contribution in [0.4, 0.5) is 0 Å². The van der Waals surface area contributed by atoms with Gasteiger partial charge in [0.15, 0.2) is 17.3 Å². The summed E-state index contributed by atoms with van der Waals surface area (Å²) in [6.07, 6.45) is 1.75. The van der Waals surface area contributed by atoms with Crippen LogP contribution in [0.25, 0.3) is 31.8 Å². The number of hydrogen-bond donors (Lipinski definition) is 1. The fraction of sp³-hybridized carbons (Fsp3) is 0.100. The highest BCUT2D eigenvalue weighted by molar-refractivity contribution is 7.18. The fourth-order valence-corrected chi connectivity index (χ4v) is 5.02. The van der Waals surface area contributed by atoms with Crippen LogP contribution in [0, 0.1) is 0 Å². The number of aromatic amines is 1. The Kier molecular flexibility index (Phi) is 4.43. The van der Waals surface area contributed by atoms with Crippen molar-refractivity contribution in [1.29, 1.82) is 0 Å². The largest absolute Gasteiger partial charge is 0.486 e. The second kappa shape index (κ2) is 7.09. The molecule has 0 spiro atoms. The number of ether oxygens (including phenoxy) is 2. The van der Waals surface area contributed by atoms with Crippen LogP contribution in [-0.4, -0.2) is 23.2 Å². The molecule has 0 radical (unpaired) electrons. The Balaban J connectivity index is 1.54. The molecule has 0 fully saturated rings. The van der Waals surface area contributed by atoms with Crippen LogP contribution in [0.5, 0.6) is 11.5 Å². The van der Waals surface area contributed by atoms with Crippen LogP contribution in [0.15, 0.2) is 45.9 Å². The third-order valence-electron chi connectivity index (χ3n) is 4.32. The van der Waals surface area contributed by atoms with E-state index in [9.17, 15) is 4.79 Å². The first-order valence-electron chi connectivity index (χ1n) is 8.51. The number of halogens is 1. The minimum Gasteiger partial charge on any atom is -0.486 e.